The van der Waals surface area contributed by atoms with E-state index < -0.39 is 23.5 Å². The maximum absolute atomic E-state index is 12.8. The quantitative estimate of drug-likeness (QED) is 0.698. The van der Waals surface area contributed by atoms with Crippen molar-refractivity contribution in [2.45, 2.75) is 12.4 Å². The van der Waals surface area contributed by atoms with E-state index in [4.69, 9.17) is 0 Å². The number of nitrogens with zero attached hydrogens (tertiary/aromatic N) is 1. The summed E-state index contributed by atoms with van der Waals surface area (Å²) >= 11 is 0.872. The van der Waals surface area contributed by atoms with E-state index in [9.17, 15) is 26.3 Å². The predicted octanol–water partition coefficient (Wildman–Crippen LogP) is 4.65. The van der Waals surface area contributed by atoms with E-state index in [-0.39, 0.29) is 16.6 Å². The summed E-state index contributed by atoms with van der Waals surface area (Å²) in [6.45, 7) is 0. The number of halogens is 6. The van der Waals surface area contributed by atoms with Gasteiger partial charge in [-0.05, 0) is 12.1 Å². The van der Waals surface area contributed by atoms with Gasteiger partial charge in [0.1, 0.15) is 11.2 Å². The molecule has 0 spiro atoms. The first kappa shape index (κ1) is 13.9. The summed E-state index contributed by atoms with van der Waals surface area (Å²) in [4.78, 5) is 3.56. The summed E-state index contributed by atoms with van der Waals surface area (Å²) in [5.74, 6) is 0. The van der Waals surface area contributed by atoms with Crippen LogP contribution in [0.1, 0.15) is 11.1 Å². The Kier molecular flexibility index (Phi) is 3.29. The average molecular weight is 296 g/mol. The van der Waals surface area contributed by atoms with Gasteiger partial charge >= 0.3 is 12.4 Å². The van der Waals surface area contributed by atoms with Crippen LogP contribution < -0.4 is 0 Å². The van der Waals surface area contributed by atoms with Gasteiger partial charge in [0.25, 0.3) is 0 Å². The minimum Gasteiger partial charge on any atom is -0.234 e. The highest BCUT2D eigenvalue weighted by molar-refractivity contribution is 7.13. The Morgan fingerprint density at radius 1 is 1.00 bits per heavy atom. The van der Waals surface area contributed by atoms with Crippen LogP contribution in [-0.4, -0.2) is 4.98 Å². The van der Waals surface area contributed by atoms with Crippen LogP contribution in [-0.2, 0) is 12.4 Å². The predicted molar refractivity (Wildman–Crippen MR) is 56.4 cm³/mol. The molecule has 19 heavy (non-hydrogen) atoms. The summed E-state index contributed by atoms with van der Waals surface area (Å²) in [5, 5.41) is 1.30. The van der Waals surface area contributed by atoms with Gasteiger partial charge in [0.05, 0.1) is 11.1 Å². The van der Waals surface area contributed by atoms with Crippen LogP contribution in [0.3, 0.4) is 0 Å². The molecule has 0 bridgehead atoms. The van der Waals surface area contributed by atoms with Crippen LogP contribution in [0.2, 0.25) is 0 Å². The highest BCUT2D eigenvalue weighted by Gasteiger charge is 2.38. The van der Waals surface area contributed by atoms with E-state index in [2.05, 4.69) is 11.2 Å². The largest absolute Gasteiger partial charge is 0.417 e. The molecular formula is C11H4F6NS. The second-order valence-electron chi connectivity index (χ2n) is 3.54. The van der Waals surface area contributed by atoms with Crippen molar-refractivity contribution in [1.29, 1.82) is 0 Å². The maximum Gasteiger partial charge on any atom is 0.417 e. The normalized spacial score (nSPS) is 12.7. The fourth-order valence-electron chi connectivity index (χ4n) is 1.46. The van der Waals surface area contributed by atoms with Crippen LogP contribution in [0.4, 0.5) is 26.3 Å². The summed E-state index contributed by atoms with van der Waals surface area (Å²) in [6.07, 6.45) is -7.38. The third-order valence-electron chi connectivity index (χ3n) is 2.27. The van der Waals surface area contributed by atoms with E-state index in [0.29, 0.717) is 6.07 Å². The number of alkyl halides is 6. The molecule has 0 aliphatic heterocycles. The van der Waals surface area contributed by atoms with E-state index in [0.717, 1.165) is 17.4 Å². The van der Waals surface area contributed by atoms with Gasteiger partial charge in [0.15, 0.2) is 0 Å². The molecule has 2 rings (SSSR count). The number of hydrogen-bond donors (Lipinski definition) is 0. The fourth-order valence-corrected chi connectivity index (χ4v) is 2.09. The molecule has 0 unspecified atom stereocenters. The molecule has 0 fully saturated rings. The molecule has 1 nitrogen and oxygen atoms in total. The van der Waals surface area contributed by atoms with Gasteiger partial charge in [0.2, 0.25) is 0 Å². The number of rotatable bonds is 1. The first-order valence-corrected chi connectivity index (χ1v) is 5.68. The third kappa shape index (κ3) is 2.89. The summed E-state index contributed by atoms with van der Waals surface area (Å²) in [6, 6.07) is 1.47. The minimum atomic E-state index is -4.89. The van der Waals surface area contributed by atoms with Gasteiger partial charge in [0, 0.05) is 10.9 Å². The minimum absolute atomic E-state index is 0.0268. The molecule has 1 heterocycles. The van der Waals surface area contributed by atoms with Crippen molar-refractivity contribution in [2.75, 3.05) is 0 Å². The van der Waals surface area contributed by atoms with Crippen molar-refractivity contribution in [3.8, 4) is 10.6 Å². The maximum atomic E-state index is 12.8. The lowest BCUT2D eigenvalue weighted by molar-refractivity contribution is -0.142. The topological polar surface area (TPSA) is 12.9 Å². The summed E-state index contributed by atoms with van der Waals surface area (Å²) in [7, 11) is 0. The van der Waals surface area contributed by atoms with Crippen LogP contribution in [0.15, 0.2) is 23.6 Å². The molecule has 1 radical (unpaired) electrons. The van der Waals surface area contributed by atoms with Crippen LogP contribution in [0.25, 0.3) is 10.6 Å². The second kappa shape index (κ2) is 4.52. The Bertz CT molecular complexity index is 570. The molecule has 101 valence electrons. The number of benzene rings is 1. The standard InChI is InChI=1S/C11H4F6NS/c12-10(13,14)6-1-2-7(9-18-3-4-19-9)8(5-6)11(15,16)17/h1-2,4-5H. The molecule has 0 saturated carbocycles. The SMILES string of the molecule is FC(F)(F)c1ccc(-c2n[c]cs2)c(C(F)(F)F)c1. The Morgan fingerprint density at radius 3 is 2.16 bits per heavy atom. The van der Waals surface area contributed by atoms with E-state index in [1.54, 1.807) is 0 Å². The van der Waals surface area contributed by atoms with Crippen LogP contribution in [0.5, 0.6) is 0 Å². The molecule has 2 aromatic rings. The number of aromatic nitrogens is 1. The van der Waals surface area contributed by atoms with Crippen molar-refractivity contribution >= 4 is 11.3 Å². The van der Waals surface area contributed by atoms with Gasteiger partial charge in [-0.1, -0.05) is 6.07 Å². The molecule has 8 heteroatoms. The zero-order valence-electron chi connectivity index (χ0n) is 8.93. The van der Waals surface area contributed by atoms with Crippen molar-refractivity contribution in [1.82, 2.24) is 4.98 Å². The van der Waals surface area contributed by atoms with Crippen molar-refractivity contribution < 1.29 is 26.3 Å². The van der Waals surface area contributed by atoms with Gasteiger partial charge in [-0.25, -0.2) is 4.98 Å². The zero-order chi connectivity index (χ0) is 14.3. The van der Waals surface area contributed by atoms with E-state index in [1.807, 2.05) is 0 Å². The van der Waals surface area contributed by atoms with Crippen molar-refractivity contribution in [3.05, 3.63) is 40.9 Å². The summed E-state index contributed by atoms with van der Waals surface area (Å²) in [5.41, 5.74) is -3.08. The molecule has 0 aliphatic carbocycles. The second-order valence-corrected chi connectivity index (χ2v) is 4.40. The van der Waals surface area contributed by atoms with E-state index in [1.165, 1.54) is 5.38 Å². The lowest BCUT2D eigenvalue weighted by atomic mass is 10.0. The molecule has 0 amide bonds. The van der Waals surface area contributed by atoms with Gasteiger partial charge in [-0.2, -0.15) is 26.3 Å². The highest BCUT2D eigenvalue weighted by atomic mass is 32.1. The molecule has 0 atom stereocenters. The van der Waals surface area contributed by atoms with Crippen molar-refractivity contribution in [2.24, 2.45) is 0 Å². The molecule has 0 aliphatic rings. The smallest absolute Gasteiger partial charge is 0.234 e. The lowest BCUT2D eigenvalue weighted by Crippen LogP contribution is -2.12. The first-order chi connectivity index (χ1) is 8.69. The number of hydrogen-bond acceptors (Lipinski definition) is 2. The lowest BCUT2D eigenvalue weighted by Gasteiger charge is -2.14. The molecule has 0 N–H and O–H groups in total. The molecule has 1 aromatic carbocycles. The Labute approximate surface area is 107 Å². The first-order valence-electron chi connectivity index (χ1n) is 4.80. The van der Waals surface area contributed by atoms with Gasteiger partial charge in [-0.3, -0.25) is 0 Å². The third-order valence-corrected chi connectivity index (χ3v) is 3.03. The monoisotopic (exact) mass is 296 g/mol. The number of thiazole rings is 1. The van der Waals surface area contributed by atoms with Gasteiger partial charge < -0.3 is 0 Å². The van der Waals surface area contributed by atoms with Crippen LogP contribution in [0, 0.1) is 6.20 Å². The van der Waals surface area contributed by atoms with Gasteiger partial charge in [-0.15, -0.1) is 11.3 Å². The zero-order valence-corrected chi connectivity index (χ0v) is 9.75. The van der Waals surface area contributed by atoms with Crippen LogP contribution >= 0.6 is 11.3 Å². The molecule has 1 aromatic heterocycles. The van der Waals surface area contributed by atoms with E-state index >= 15 is 0 Å². The van der Waals surface area contributed by atoms with Crippen molar-refractivity contribution in [3.63, 3.8) is 0 Å². The highest BCUT2D eigenvalue weighted by Crippen LogP contribution is 2.41. The Hall–Kier alpha value is -1.57. The average Bonchev–Trinajstić information content (AvgIpc) is 2.79. The Morgan fingerprint density at radius 2 is 1.68 bits per heavy atom. The summed E-state index contributed by atoms with van der Waals surface area (Å²) < 4.78 is 75.8. The Balaban J connectivity index is 2.63. The fraction of sp³-hybridized carbons (Fsp3) is 0.182. The molecular weight excluding hydrogens is 292 g/mol. The molecule has 0 saturated heterocycles.